The quantitative estimate of drug-likeness (QED) is 0.738. The van der Waals surface area contributed by atoms with Crippen molar-refractivity contribution in [2.75, 3.05) is 14.1 Å². The van der Waals surface area contributed by atoms with Gasteiger partial charge in [0.15, 0.2) is 0 Å². The molecule has 1 aliphatic rings. The minimum absolute atomic E-state index is 0.186. The Morgan fingerprint density at radius 2 is 2.33 bits per heavy atom. The number of nitrogens with zero attached hydrogens (tertiary/aromatic N) is 3. The highest BCUT2D eigenvalue weighted by molar-refractivity contribution is 7.12. The van der Waals surface area contributed by atoms with Crippen LogP contribution in [-0.4, -0.2) is 35.6 Å². The van der Waals surface area contributed by atoms with E-state index in [9.17, 15) is 4.79 Å². The molecule has 0 unspecified atom stereocenters. The monoisotopic (exact) mass is 222 g/mol. The summed E-state index contributed by atoms with van der Waals surface area (Å²) in [6.45, 7) is 0. The minimum atomic E-state index is -0.186. The molecule has 0 aliphatic carbocycles. The maximum Gasteiger partial charge on any atom is 0.275 e. The van der Waals surface area contributed by atoms with E-state index in [1.807, 2.05) is 24.4 Å². The smallest absolute Gasteiger partial charge is 0.275 e. The fraction of sp³-hybridized carbons (Fsp3) is 0.222. The Hall–Kier alpha value is -1.69. The Morgan fingerprint density at radius 1 is 1.53 bits per heavy atom. The van der Waals surface area contributed by atoms with Gasteiger partial charge in [0.1, 0.15) is 10.7 Å². The number of carbonyl (C=O) groups excluding carboxylic acids is 1. The van der Waals surface area contributed by atoms with Crippen molar-refractivity contribution in [3.05, 3.63) is 28.4 Å². The van der Waals surface area contributed by atoms with Gasteiger partial charge < -0.3 is 4.90 Å². The van der Waals surface area contributed by atoms with Crippen LogP contribution in [0.15, 0.2) is 28.5 Å². The van der Waals surface area contributed by atoms with Crippen molar-refractivity contribution in [3.8, 4) is 0 Å². The van der Waals surface area contributed by atoms with Crippen LogP contribution in [0.1, 0.15) is 5.01 Å². The van der Waals surface area contributed by atoms with Gasteiger partial charge in [-0.2, -0.15) is 5.10 Å². The van der Waals surface area contributed by atoms with E-state index >= 15 is 0 Å². The zero-order valence-corrected chi connectivity index (χ0v) is 9.21. The highest BCUT2D eigenvalue weighted by Gasteiger charge is 2.25. The Kier molecular flexibility index (Phi) is 2.51. The molecule has 1 N–H and O–H groups in total. The van der Waals surface area contributed by atoms with Gasteiger partial charge >= 0.3 is 0 Å². The highest BCUT2D eigenvalue weighted by Crippen LogP contribution is 2.16. The topological polar surface area (TPSA) is 57.6 Å². The van der Waals surface area contributed by atoms with E-state index in [0.29, 0.717) is 11.3 Å². The Labute approximate surface area is 91.1 Å². The van der Waals surface area contributed by atoms with Crippen LogP contribution in [0.5, 0.6) is 0 Å². The maximum atomic E-state index is 11.5. The van der Waals surface area contributed by atoms with Gasteiger partial charge in [0, 0.05) is 31.9 Å². The SMILES string of the molecule is CN(C)C=C1C(=O)NN=C1c1nccs1. The number of hydrogen-bond acceptors (Lipinski definition) is 5. The normalized spacial score (nSPS) is 17.9. The Morgan fingerprint density at radius 3 is 2.93 bits per heavy atom. The zero-order chi connectivity index (χ0) is 10.8. The van der Waals surface area contributed by atoms with Crippen LogP contribution in [-0.2, 0) is 4.79 Å². The molecule has 1 aliphatic heterocycles. The fourth-order valence-electron chi connectivity index (χ4n) is 1.22. The molecule has 78 valence electrons. The van der Waals surface area contributed by atoms with Crippen molar-refractivity contribution in [1.82, 2.24) is 15.3 Å². The van der Waals surface area contributed by atoms with Gasteiger partial charge in [-0.1, -0.05) is 0 Å². The van der Waals surface area contributed by atoms with Crippen molar-refractivity contribution in [1.29, 1.82) is 0 Å². The third-order valence-electron chi connectivity index (χ3n) is 1.79. The summed E-state index contributed by atoms with van der Waals surface area (Å²) in [6, 6.07) is 0. The molecule has 0 fully saturated rings. The largest absolute Gasteiger partial charge is 0.383 e. The summed E-state index contributed by atoms with van der Waals surface area (Å²) in [5, 5.41) is 6.57. The molecule has 5 nitrogen and oxygen atoms in total. The van der Waals surface area contributed by atoms with E-state index in [-0.39, 0.29) is 5.91 Å². The van der Waals surface area contributed by atoms with E-state index < -0.39 is 0 Å². The molecule has 0 atom stereocenters. The summed E-state index contributed by atoms with van der Waals surface area (Å²) in [5.74, 6) is -0.186. The summed E-state index contributed by atoms with van der Waals surface area (Å²) in [5.41, 5.74) is 3.60. The average molecular weight is 222 g/mol. The number of carbonyl (C=O) groups is 1. The Balaban J connectivity index is 2.37. The fourth-order valence-corrected chi connectivity index (χ4v) is 1.86. The highest BCUT2D eigenvalue weighted by atomic mass is 32.1. The van der Waals surface area contributed by atoms with Crippen LogP contribution >= 0.6 is 11.3 Å². The van der Waals surface area contributed by atoms with E-state index in [4.69, 9.17) is 0 Å². The number of hydrogen-bond donors (Lipinski definition) is 1. The number of aromatic nitrogens is 1. The van der Waals surface area contributed by atoms with Gasteiger partial charge in [-0.3, -0.25) is 4.79 Å². The second-order valence-electron chi connectivity index (χ2n) is 3.24. The lowest BCUT2D eigenvalue weighted by Gasteiger charge is -2.05. The number of nitrogens with one attached hydrogen (secondary N) is 1. The Bertz CT molecular complexity index is 433. The zero-order valence-electron chi connectivity index (χ0n) is 8.39. The molecule has 1 amide bonds. The van der Waals surface area contributed by atoms with Gasteiger partial charge in [0.25, 0.3) is 5.91 Å². The van der Waals surface area contributed by atoms with Gasteiger partial charge in [-0.15, -0.1) is 11.3 Å². The van der Waals surface area contributed by atoms with Crippen LogP contribution in [0.4, 0.5) is 0 Å². The summed E-state index contributed by atoms with van der Waals surface area (Å²) >= 11 is 1.46. The molecule has 0 saturated carbocycles. The first-order chi connectivity index (χ1) is 7.18. The third kappa shape index (κ3) is 1.89. The summed E-state index contributed by atoms with van der Waals surface area (Å²) in [6.07, 6.45) is 3.43. The van der Waals surface area contributed by atoms with Gasteiger partial charge in [0.05, 0.1) is 5.57 Å². The van der Waals surface area contributed by atoms with Crippen LogP contribution in [0.25, 0.3) is 0 Å². The number of rotatable bonds is 2. The first-order valence-corrected chi connectivity index (χ1v) is 5.23. The molecule has 2 heterocycles. The van der Waals surface area contributed by atoms with Crippen molar-refractivity contribution >= 4 is 23.0 Å². The number of hydrazone groups is 1. The molecular weight excluding hydrogens is 212 g/mol. The molecule has 0 spiro atoms. The minimum Gasteiger partial charge on any atom is -0.383 e. The third-order valence-corrected chi connectivity index (χ3v) is 2.57. The predicted octanol–water partition coefficient (Wildman–Crippen LogP) is 0.422. The summed E-state index contributed by atoms with van der Waals surface area (Å²) < 4.78 is 0. The molecule has 0 aromatic carbocycles. The first kappa shape index (κ1) is 9.85. The van der Waals surface area contributed by atoms with Crippen molar-refractivity contribution in [3.63, 3.8) is 0 Å². The lowest BCUT2D eigenvalue weighted by Crippen LogP contribution is -2.16. The molecule has 0 saturated heterocycles. The van der Waals surface area contributed by atoms with E-state index in [2.05, 4.69) is 15.5 Å². The molecular formula is C9H10N4OS. The maximum absolute atomic E-state index is 11.5. The molecule has 15 heavy (non-hydrogen) atoms. The molecule has 0 radical (unpaired) electrons. The number of amides is 1. The average Bonchev–Trinajstić information content (AvgIpc) is 2.76. The van der Waals surface area contributed by atoms with Gasteiger partial charge in [-0.25, -0.2) is 10.4 Å². The first-order valence-electron chi connectivity index (χ1n) is 4.35. The second kappa shape index (κ2) is 3.82. The van der Waals surface area contributed by atoms with E-state index in [0.717, 1.165) is 5.01 Å². The standard InChI is InChI=1S/C9H10N4OS/c1-13(2)5-6-7(11-12-8(6)14)9-10-3-4-15-9/h3-5H,1-2H3,(H,12,14). The van der Waals surface area contributed by atoms with Crippen LogP contribution < -0.4 is 5.43 Å². The lowest BCUT2D eigenvalue weighted by molar-refractivity contribution is -0.116. The second-order valence-corrected chi connectivity index (χ2v) is 4.14. The van der Waals surface area contributed by atoms with Crippen molar-refractivity contribution in [2.45, 2.75) is 0 Å². The predicted molar refractivity (Wildman–Crippen MR) is 58.6 cm³/mol. The molecule has 1 aromatic rings. The molecule has 0 bridgehead atoms. The van der Waals surface area contributed by atoms with Crippen LogP contribution in [0, 0.1) is 0 Å². The summed E-state index contributed by atoms with van der Waals surface area (Å²) in [7, 11) is 3.72. The van der Waals surface area contributed by atoms with Gasteiger partial charge in [-0.05, 0) is 0 Å². The molecule has 6 heteroatoms. The van der Waals surface area contributed by atoms with E-state index in [1.165, 1.54) is 11.3 Å². The van der Waals surface area contributed by atoms with Gasteiger partial charge in [0.2, 0.25) is 0 Å². The van der Waals surface area contributed by atoms with Crippen molar-refractivity contribution < 1.29 is 4.79 Å². The summed E-state index contributed by atoms with van der Waals surface area (Å²) in [4.78, 5) is 17.4. The molecule has 2 rings (SSSR count). The van der Waals surface area contributed by atoms with E-state index in [1.54, 1.807) is 12.4 Å². The van der Waals surface area contributed by atoms with Crippen LogP contribution in [0.3, 0.4) is 0 Å². The number of thiazole rings is 1. The molecule has 1 aromatic heterocycles. The van der Waals surface area contributed by atoms with Crippen LogP contribution in [0.2, 0.25) is 0 Å². The lowest BCUT2D eigenvalue weighted by atomic mass is 10.2. The van der Waals surface area contributed by atoms with Crippen molar-refractivity contribution in [2.24, 2.45) is 5.10 Å².